The van der Waals surface area contributed by atoms with E-state index in [0.29, 0.717) is 11.7 Å². The average Bonchev–Trinajstić information content (AvgIpc) is 2.78. The van der Waals surface area contributed by atoms with E-state index in [-0.39, 0.29) is 5.95 Å². The van der Waals surface area contributed by atoms with Gasteiger partial charge in [0.1, 0.15) is 5.52 Å². The highest BCUT2D eigenvalue weighted by molar-refractivity contribution is 7.99. The van der Waals surface area contributed by atoms with E-state index in [9.17, 15) is 0 Å². The highest BCUT2D eigenvalue weighted by atomic mass is 32.2. The molecule has 1 aliphatic rings. The van der Waals surface area contributed by atoms with Gasteiger partial charge in [0.2, 0.25) is 5.95 Å². The molecule has 0 aliphatic carbocycles. The lowest BCUT2D eigenvalue weighted by Gasteiger charge is -2.23. The molecule has 1 fully saturated rings. The Labute approximate surface area is 103 Å². The topological polar surface area (TPSA) is 92.5 Å². The first-order valence-electron chi connectivity index (χ1n) is 5.64. The smallest absolute Gasteiger partial charge is 0.224 e. The normalized spacial score (nSPS) is 17.4. The summed E-state index contributed by atoms with van der Waals surface area (Å²) in [4.78, 5) is 15.5. The zero-order valence-electron chi connectivity index (χ0n) is 9.31. The molecule has 90 valence electrons. The van der Waals surface area contributed by atoms with Crippen LogP contribution in [0.1, 0.15) is 12.8 Å². The zero-order valence-corrected chi connectivity index (χ0v) is 10.1. The molecule has 2 aromatic heterocycles. The number of fused-ring (bicyclic) bond motifs is 1. The van der Waals surface area contributed by atoms with E-state index in [0.717, 1.165) is 24.2 Å². The molecule has 0 saturated carbocycles. The van der Waals surface area contributed by atoms with Crippen molar-refractivity contribution in [3.05, 3.63) is 6.33 Å². The Morgan fingerprint density at radius 3 is 3.00 bits per heavy atom. The molecule has 0 amide bonds. The summed E-state index contributed by atoms with van der Waals surface area (Å²) in [5.74, 6) is 3.42. The SMILES string of the molecule is Nc1nc(NC2CCSCC2)c2[nH]cnc2n1. The number of hydrogen-bond acceptors (Lipinski definition) is 6. The summed E-state index contributed by atoms with van der Waals surface area (Å²) in [5, 5.41) is 3.44. The van der Waals surface area contributed by atoms with Gasteiger partial charge in [0.25, 0.3) is 0 Å². The number of imidazole rings is 1. The molecule has 0 spiro atoms. The summed E-state index contributed by atoms with van der Waals surface area (Å²) in [6.45, 7) is 0. The van der Waals surface area contributed by atoms with Crippen molar-refractivity contribution < 1.29 is 0 Å². The minimum absolute atomic E-state index is 0.261. The van der Waals surface area contributed by atoms with E-state index < -0.39 is 0 Å². The molecule has 0 unspecified atom stereocenters. The fourth-order valence-corrected chi connectivity index (χ4v) is 3.10. The third kappa shape index (κ3) is 2.14. The molecular weight excluding hydrogens is 236 g/mol. The van der Waals surface area contributed by atoms with Crippen LogP contribution in [0.15, 0.2) is 6.33 Å². The molecule has 0 bridgehead atoms. The van der Waals surface area contributed by atoms with E-state index in [2.05, 4.69) is 25.3 Å². The van der Waals surface area contributed by atoms with Crippen LogP contribution in [-0.4, -0.2) is 37.5 Å². The van der Waals surface area contributed by atoms with Gasteiger partial charge < -0.3 is 16.0 Å². The predicted molar refractivity (Wildman–Crippen MR) is 70.1 cm³/mol. The summed E-state index contributed by atoms with van der Waals surface area (Å²) >= 11 is 2.00. The minimum Gasteiger partial charge on any atom is -0.368 e. The number of anilines is 2. The first kappa shape index (κ1) is 10.6. The van der Waals surface area contributed by atoms with Crippen molar-refractivity contribution in [3.8, 4) is 0 Å². The third-order valence-corrected chi connectivity index (χ3v) is 3.91. The molecule has 3 rings (SSSR count). The highest BCUT2D eigenvalue weighted by Gasteiger charge is 2.16. The second kappa shape index (κ2) is 4.40. The van der Waals surface area contributed by atoms with Crippen LogP contribution in [0.3, 0.4) is 0 Å². The van der Waals surface area contributed by atoms with Crippen LogP contribution in [0, 0.1) is 0 Å². The number of thioether (sulfide) groups is 1. The Bertz CT molecular complexity index is 518. The van der Waals surface area contributed by atoms with Gasteiger partial charge in [0.15, 0.2) is 11.5 Å². The van der Waals surface area contributed by atoms with Crippen molar-refractivity contribution in [2.75, 3.05) is 22.6 Å². The Morgan fingerprint density at radius 2 is 2.18 bits per heavy atom. The second-order valence-corrected chi connectivity index (χ2v) is 5.29. The van der Waals surface area contributed by atoms with Crippen LogP contribution in [-0.2, 0) is 0 Å². The van der Waals surface area contributed by atoms with E-state index in [1.165, 1.54) is 11.5 Å². The number of H-pyrrole nitrogens is 1. The third-order valence-electron chi connectivity index (χ3n) is 2.87. The molecule has 4 N–H and O–H groups in total. The Hall–Kier alpha value is -1.50. The lowest BCUT2D eigenvalue weighted by atomic mass is 10.1. The number of nitrogens with zero attached hydrogens (tertiary/aromatic N) is 3. The molecule has 7 heteroatoms. The molecule has 17 heavy (non-hydrogen) atoms. The maximum Gasteiger partial charge on any atom is 0.224 e. The van der Waals surface area contributed by atoms with E-state index >= 15 is 0 Å². The minimum atomic E-state index is 0.261. The monoisotopic (exact) mass is 250 g/mol. The van der Waals surface area contributed by atoms with Crippen LogP contribution >= 0.6 is 11.8 Å². The van der Waals surface area contributed by atoms with Gasteiger partial charge >= 0.3 is 0 Å². The molecule has 2 aromatic rings. The fourth-order valence-electron chi connectivity index (χ4n) is 1.99. The average molecular weight is 250 g/mol. The molecular formula is C10H14N6S. The fraction of sp³-hybridized carbons (Fsp3) is 0.500. The molecule has 1 saturated heterocycles. The van der Waals surface area contributed by atoms with Crippen LogP contribution in [0.4, 0.5) is 11.8 Å². The molecule has 0 aromatic carbocycles. The first-order chi connectivity index (χ1) is 8.33. The van der Waals surface area contributed by atoms with Crippen LogP contribution in [0.5, 0.6) is 0 Å². The number of rotatable bonds is 2. The molecule has 0 atom stereocenters. The Morgan fingerprint density at radius 1 is 1.35 bits per heavy atom. The summed E-state index contributed by atoms with van der Waals surface area (Å²) in [6.07, 6.45) is 3.93. The maximum atomic E-state index is 5.67. The first-order valence-corrected chi connectivity index (χ1v) is 6.79. The van der Waals surface area contributed by atoms with Crippen molar-refractivity contribution in [3.63, 3.8) is 0 Å². The van der Waals surface area contributed by atoms with Crippen molar-refractivity contribution in [1.29, 1.82) is 0 Å². The zero-order chi connectivity index (χ0) is 11.7. The van der Waals surface area contributed by atoms with Crippen LogP contribution < -0.4 is 11.1 Å². The second-order valence-electron chi connectivity index (χ2n) is 4.06. The van der Waals surface area contributed by atoms with E-state index in [1.807, 2.05) is 11.8 Å². The van der Waals surface area contributed by atoms with Crippen molar-refractivity contribution in [1.82, 2.24) is 19.9 Å². The van der Waals surface area contributed by atoms with Gasteiger partial charge in [-0.15, -0.1) is 0 Å². The number of nitrogens with two attached hydrogens (primary N) is 1. The van der Waals surface area contributed by atoms with Gasteiger partial charge in [0, 0.05) is 6.04 Å². The van der Waals surface area contributed by atoms with Gasteiger partial charge in [-0.3, -0.25) is 0 Å². The number of aromatic amines is 1. The van der Waals surface area contributed by atoms with Crippen molar-refractivity contribution >= 4 is 34.7 Å². The largest absolute Gasteiger partial charge is 0.368 e. The maximum absolute atomic E-state index is 5.67. The van der Waals surface area contributed by atoms with Gasteiger partial charge in [-0.1, -0.05) is 0 Å². The number of aromatic nitrogens is 4. The summed E-state index contributed by atoms with van der Waals surface area (Å²) in [6, 6.07) is 0.469. The quantitative estimate of drug-likeness (QED) is 0.742. The van der Waals surface area contributed by atoms with E-state index in [1.54, 1.807) is 6.33 Å². The standard InChI is InChI=1S/C10H14N6S/c11-10-15-8-7(12-5-13-8)9(16-10)14-6-1-3-17-4-2-6/h5-6H,1-4H2,(H4,11,12,13,14,15,16). The summed E-state index contributed by atoms with van der Waals surface area (Å²) in [5.41, 5.74) is 7.12. The van der Waals surface area contributed by atoms with Gasteiger partial charge in [0.05, 0.1) is 6.33 Å². The molecule has 1 aliphatic heterocycles. The molecule has 0 radical (unpaired) electrons. The number of hydrogen-bond donors (Lipinski definition) is 3. The highest BCUT2D eigenvalue weighted by Crippen LogP contribution is 2.23. The number of nitrogen functional groups attached to an aromatic ring is 1. The lowest BCUT2D eigenvalue weighted by Crippen LogP contribution is -2.25. The summed E-state index contributed by atoms with van der Waals surface area (Å²) < 4.78 is 0. The lowest BCUT2D eigenvalue weighted by molar-refractivity contribution is 0.664. The van der Waals surface area contributed by atoms with Crippen molar-refractivity contribution in [2.45, 2.75) is 18.9 Å². The van der Waals surface area contributed by atoms with Crippen molar-refractivity contribution in [2.24, 2.45) is 0 Å². The number of nitrogens with one attached hydrogen (secondary N) is 2. The van der Waals surface area contributed by atoms with Gasteiger partial charge in [-0.25, -0.2) is 4.98 Å². The van der Waals surface area contributed by atoms with Crippen LogP contribution in [0.25, 0.3) is 11.2 Å². The summed E-state index contributed by atoms with van der Waals surface area (Å²) in [7, 11) is 0. The molecule has 6 nitrogen and oxygen atoms in total. The van der Waals surface area contributed by atoms with E-state index in [4.69, 9.17) is 5.73 Å². The van der Waals surface area contributed by atoms with Crippen LogP contribution in [0.2, 0.25) is 0 Å². The Kier molecular flexibility index (Phi) is 2.76. The molecule has 3 heterocycles. The van der Waals surface area contributed by atoms with Gasteiger partial charge in [-0.05, 0) is 24.3 Å². The predicted octanol–water partition coefficient (Wildman–Crippen LogP) is 1.24. The Balaban J connectivity index is 1.90. The van der Waals surface area contributed by atoms with Gasteiger partial charge in [-0.2, -0.15) is 21.7 Å².